The molecule has 0 aromatic heterocycles. The number of halogens is 3. The lowest BCUT2D eigenvalue weighted by atomic mass is 10.1. The third-order valence-electron chi connectivity index (χ3n) is 2.36. The lowest BCUT2D eigenvalue weighted by Gasteiger charge is -2.12. The highest BCUT2D eigenvalue weighted by atomic mass is 79.9. The molecule has 1 atom stereocenters. The molecule has 0 bridgehead atoms. The molecule has 1 unspecified atom stereocenters. The number of ether oxygens (including phenoxy) is 1. The Morgan fingerprint density at radius 3 is 2.75 bits per heavy atom. The van der Waals surface area contributed by atoms with Gasteiger partial charge in [0.05, 0.1) is 11.6 Å². The lowest BCUT2D eigenvalue weighted by molar-refractivity contribution is 0.282. The highest BCUT2D eigenvalue weighted by Gasteiger charge is 2.05. The zero-order valence-electron chi connectivity index (χ0n) is 9.18. The monoisotopic (exact) mass is 324 g/mol. The first-order valence-electron chi connectivity index (χ1n) is 5.27. The van der Waals surface area contributed by atoms with E-state index in [1.165, 1.54) is 0 Å². The first-order chi connectivity index (χ1) is 7.63. The van der Waals surface area contributed by atoms with Gasteiger partial charge in [-0.25, -0.2) is 0 Å². The summed E-state index contributed by atoms with van der Waals surface area (Å²) in [6, 6.07) is 5.25. The molecule has 1 aromatic carbocycles. The molecule has 1 rings (SSSR count). The van der Waals surface area contributed by atoms with E-state index in [2.05, 4.69) is 22.9 Å². The van der Waals surface area contributed by atoms with E-state index >= 15 is 0 Å². The molecule has 0 saturated carbocycles. The van der Waals surface area contributed by atoms with Gasteiger partial charge in [-0.1, -0.05) is 46.1 Å². The number of alkyl halides is 1. The van der Waals surface area contributed by atoms with Crippen molar-refractivity contribution in [3.8, 4) is 5.75 Å². The summed E-state index contributed by atoms with van der Waals surface area (Å²) < 4.78 is 5.60. The number of rotatable bonds is 6. The third-order valence-corrected chi connectivity index (χ3v) is 3.37. The van der Waals surface area contributed by atoms with Gasteiger partial charge in [-0.05, 0) is 30.9 Å². The minimum Gasteiger partial charge on any atom is -0.492 e. The molecule has 0 aliphatic carbocycles. The van der Waals surface area contributed by atoms with Gasteiger partial charge in [0, 0.05) is 16.4 Å². The standard InChI is InChI=1S/C12H15BrCl2O/c1-9(4-6-13)5-7-16-12-8-10(14)2-3-11(12)15/h2-3,8-9H,4-7H2,1H3. The maximum Gasteiger partial charge on any atom is 0.139 e. The van der Waals surface area contributed by atoms with Crippen LogP contribution in [0.1, 0.15) is 19.8 Å². The fraction of sp³-hybridized carbons (Fsp3) is 0.500. The van der Waals surface area contributed by atoms with Crippen molar-refractivity contribution in [2.45, 2.75) is 19.8 Å². The van der Waals surface area contributed by atoms with Crippen LogP contribution in [0.5, 0.6) is 5.75 Å². The first-order valence-corrected chi connectivity index (χ1v) is 7.15. The fourth-order valence-electron chi connectivity index (χ4n) is 1.29. The Balaban J connectivity index is 2.39. The van der Waals surface area contributed by atoms with E-state index in [9.17, 15) is 0 Å². The second-order valence-electron chi connectivity index (χ2n) is 3.79. The van der Waals surface area contributed by atoms with Crippen molar-refractivity contribution in [1.29, 1.82) is 0 Å². The molecule has 0 saturated heterocycles. The molecule has 0 aliphatic heterocycles. The summed E-state index contributed by atoms with van der Waals surface area (Å²) in [5.41, 5.74) is 0. The van der Waals surface area contributed by atoms with Crippen molar-refractivity contribution < 1.29 is 4.74 Å². The Hall–Kier alpha value is 0.0800. The SMILES string of the molecule is CC(CCBr)CCOc1cc(Cl)ccc1Cl. The molecule has 90 valence electrons. The third kappa shape index (κ3) is 4.94. The van der Waals surface area contributed by atoms with Crippen LogP contribution in [0.4, 0.5) is 0 Å². The van der Waals surface area contributed by atoms with Crippen LogP contribution in [0.2, 0.25) is 10.0 Å². The number of hydrogen-bond acceptors (Lipinski definition) is 1. The molecule has 1 nitrogen and oxygen atoms in total. The fourth-order valence-corrected chi connectivity index (χ4v) is 2.40. The van der Waals surface area contributed by atoms with Crippen molar-refractivity contribution in [3.05, 3.63) is 28.2 Å². The van der Waals surface area contributed by atoms with Crippen molar-refractivity contribution >= 4 is 39.1 Å². The van der Waals surface area contributed by atoms with Gasteiger partial charge in [-0.2, -0.15) is 0 Å². The Morgan fingerprint density at radius 2 is 2.06 bits per heavy atom. The molecule has 4 heteroatoms. The average molecular weight is 326 g/mol. The maximum atomic E-state index is 5.98. The highest BCUT2D eigenvalue weighted by Crippen LogP contribution is 2.28. The Labute approximate surface area is 115 Å². The van der Waals surface area contributed by atoms with Crippen LogP contribution < -0.4 is 4.74 Å². The summed E-state index contributed by atoms with van der Waals surface area (Å²) in [5, 5.41) is 2.29. The van der Waals surface area contributed by atoms with Gasteiger partial charge in [-0.3, -0.25) is 0 Å². The summed E-state index contributed by atoms with van der Waals surface area (Å²) in [6.45, 7) is 2.89. The van der Waals surface area contributed by atoms with Crippen LogP contribution >= 0.6 is 39.1 Å². The molecule has 0 radical (unpaired) electrons. The Bertz CT molecular complexity index is 331. The summed E-state index contributed by atoms with van der Waals surface area (Å²) >= 11 is 15.3. The van der Waals surface area contributed by atoms with Crippen LogP contribution in [-0.4, -0.2) is 11.9 Å². The normalized spacial score (nSPS) is 12.5. The predicted molar refractivity (Wildman–Crippen MR) is 74.1 cm³/mol. The first kappa shape index (κ1) is 14.1. The Morgan fingerprint density at radius 1 is 1.31 bits per heavy atom. The van der Waals surface area contributed by atoms with Gasteiger partial charge in [0.25, 0.3) is 0 Å². The van der Waals surface area contributed by atoms with Crippen molar-refractivity contribution in [1.82, 2.24) is 0 Å². The van der Waals surface area contributed by atoms with Gasteiger partial charge < -0.3 is 4.74 Å². The summed E-state index contributed by atoms with van der Waals surface area (Å²) in [4.78, 5) is 0. The van der Waals surface area contributed by atoms with E-state index in [1.54, 1.807) is 18.2 Å². The largest absolute Gasteiger partial charge is 0.492 e. The Kier molecular flexibility index (Phi) is 6.55. The van der Waals surface area contributed by atoms with E-state index in [1.807, 2.05) is 0 Å². The van der Waals surface area contributed by atoms with Crippen molar-refractivity contribution in [3.63, 3.8) is 0 Å². The van der Waals surface area contributed by atoms with E-state index in [0.717, 1.165) is 18.2 Å². The van der Waals surface area contributed by atoms with E-state index in [-0.39, 0.29) is 0 Å². The molecule has 16 heavy (non-hydrogen) atoms. The highest BCUT2D eigenvalue weighted by molar-refractivity contribution is 9.09. The van der Waals surface area contributed by atoms with Crippen LogP contribution in [0.15, 0.2) is 18.2 Å². The van der Waals surface area contributed by atoms with Gasteiger partial charge >= 0.3 is 0 Å². The zero-order valence-corrected chi connectivity index (χ0v) is 12.3. The van der Waals surface area contributed by atoms with Crippen molar-refractivity contribution in [2.24, 2.45) is 5.92 Å². The molecule has 0 amide bonds. The van der Waals surface area contributed by atoms with Crippen LogP contribution in [0.25, 0.3) is 0 Å². The zero-order chi connectivity index (χ0) is 12.0. The van der Waals surface area contributed by atoms with Gasteiger partial charge in [0.1, 0.15) is 5.75 Å². The topological polar surface area (TPSA) is 9.23 Å². The lowest BCUT2D eigenvalue weighted by Crippen LogP contribution is -2.04. The van der Waals surface area contributed by atoms with E-state index < -0.39 is 0 Å². The van der Waals surface area contributed by atoms with E-state index in [4.69, 9.17) is 27.9 Å². The second kappa shape index (κ2) is 7.41. The van der Waals surface area contributed by atoms with Crippen LogP contribution in [0.3, 0.4) is 0 Å². The molecule has 0 fully saturated rings. The van der Waals surface area contributed by atoms with Gasteiger partial charge in [-0.15, -0.1) is 0 Å². The van der Waals surface area contributed by atoms with Crippen LogP contribution in [-0.2, 0) is 0 Å². The summed E-state index contributed by atoms with van der Waals surface area (Å²) in [6.07, 6.45) is 2.18. The number of hydrogen-bond donors (Lipinski definition) is 0. The van der Waals surface area contributed by atoms with E-state index in [0.29, 0.717) is 28.3 Å². The molecule has 0 aliphatic rings. The summed E-state index contributed by atoms with van der Waals surface area (Å²) in [7, 11) is 0. The molecule has 0 N–H and O–H groups in total. The summed E-state index contributed by atoms with van der Waals surface area (Å²) in [5.74, 6) is 1.32. The van der Waals surface area contributed by atoms with Crippen molar-refractivity contribution in [2.75, 3.05) is 11.9 Å². The molecule has 0 spiro atoms. The smallest absolute Gasteiger partial charge is 0.139 e. The second-order valence-corrected chi connectivity index (χ2v) is 5.43. The molecule has 1 aromatic rings. The van der Waals surface area contributed by atoms with Gasteiger partial charge in [0.15, 0.2) is 0 Å². The van der Waals surface area contributed by atoms with Gasteiger partial charge in [0.2, 0.25) is 0 Å². The number of benzene rings is 1. The molecule has 0 heterocycles. The maximum absolute atomic E-state index is 5.98. The quantitative estimate of drug-likeness (QED) is 0.654. The molecular weight excluding hydrogens is 311 g/mol. The predicted octanol–water partition coefficient (Wildman–Crippen LogP) is 5.18. The minimum absolute atomic E-state index is 0.609. The molecular formula is C12H15BrCl2O. The minimum atomic E-state index is 0.609. The average Bonchev–Trinajstić information content (AvgIpc) is 2.23. The van der Waals surface area contributed by atoms with Crippen LogP contribution in [0, 0.1) is 5.92 Å².